The summed E-state index contributed by atoms with van der Waals surface area (Å²) in [5.74, 6) is 0.648. The zero-order valence-electron chi connectivity index (χ0n) is 19.7. The number of anilines is 1. The molecule has 2 aliphatic rings. The number of hydrogen-bond donors (Lipinski definition) is 2. The number of pyridine rings is 2. The van der Waals surface area contributed by atoms with Crippen molar-refractivity contribution in [3.8, 4) is 5.69 Å². The number of aryl methyl sites for hydroxylation is 1. The van der Waals surface area contributed by atoms with Gasteiger partial charge in [-0.15, -0.1) is 0 Å². The Bertz CT molecular complexity index is 1380. The van der Waals surface area contributed by atoms with Crippen molar-refractivity contribution in [1.29, 1.82) is 0 Å². The van der Waals surface area contributed by atoms with Crippen LogP contribution >= 0.6 is 0 Å². The molecule has 0 unspecified atom stereocenters. The monoisotopic (exact) mass is 469 g/mol. The summed E-state index contributed by atoms with van der Waals surface area (Å²) < 4.78 is 7.42. The Labute approximate surface area is 203 Å². The minimum absolute atomic E-state index is 0.0786. The van der Waals surface area contributed by atoms with Crippen LogP contribution in [0.5, 0.6) is 0 Å². The van der Waals surface area contributed by atoms with Gasteiger partial charge in [0.25, 0.3) is 0 Å². The quantitative estimate of drug-likeness (QED) is 0.477. The molecule has 3 aromatic heterocycles. The number of carbonyl (C=O) groups excluding carboxylic acids is 1. The number of likely N-dealkylation sites (N-methyl/N-ethyl adjacent to an activating group) is 1. The first-order valence-corrected chi connectivity index (χ1v) is 11.7. The lowest BCUT2D eigenvalue weighted by Crippen LogP contribution is -2.67. The van der Waals surface area contributed by atoms with E-state index in [1.807, 2.05) is 48.0 Å². The van der Waals surface area contributed by atoms with E-state index in [9.17, 15) is 4.79 Å². The maximum Gasteiger partial charge on any atom is 0.320 e. The van der Waals surface area contributed by atoms with Crippen LogP contribution in [-0.4, -0.2) is 69.1 Å². The van der Waals surface area contributed by atoms with Crippen LogP contribution in [0.25, 0.3) is 16.6 Å². The van der Waals surface area contributed by atoms with Crippen molar-refractivity contribution >= 4 is 22.8 Å². The predicted octanol–water partition coefficient (Wildman–Crippen LogP) is 3.11. The minimum atomic E-state index is -0.276. The topological polar surface area (TPSA) is 97.2 Å². The van der Waals surface area contributed by atoms with Gasteiger partial charge >= 0.3 is 6.03 Å². The summed E-state index contributed by atoms with van der Waals surface area (Å²) in [6, 6.07) is 15.7. The van der Waals surface area contributed by atoms with Gasteiger partial charge in [-0.25, -0.2) is 14.5 Å². The average Bonchev–Trinajstić information content (AvgIpc) is 3.38. The standard InChI is InChI=1S/C26H27N7O2/c1-17-10-20(8-9-27-17)33-22-13-28-23(11-19(22)12-29-33)30-25(34)31-24-21(18-6-4-3-5-7-18)14-32(2)26(24)15-35-16-26/h3-13,21,24H,14-16H2,1-2H3,(H2,28,30,31,34)/t21-,24-/m1/s1. The number of nitrogens with one attached hydrogen (secondary N) is 2. The van der Waals surface area contributed by atoms with Gasteiger partial charge in [0.1, 0.15) is 5.82 Å². The van der Waals surface area contributed by atoms with E-state index in [-0.39, 0.29) is 23.5 Å². The van der Waals surface area contributed by atoms with E-state index in [2.05, 4.69) is 49.8 Å². The molecule has 0 aliphatic carbocycles. The number of nitrogens with zero attached hydrogens (tertiary/aromatic N) is 5. The van der Waals surface area contributed by atoms with E-state index < -0.39 is 0 Å². The molecule has 9 nitrogen and oxygen atoms in total. The van der Waals surface area contributed by atoms with Crippen LogP contribution in [0.3, 0.4) is 0 Å². The first-order chi connectivity index (χ1) is 17.0. The lowest BCUT2D eigenvalue weighted by Gasteiger charge is -2.47. The normalized spacial score (nSPS) is 21.2. The van der Waals surface area contributed by atoms with E-state index in [4.69, 9.17) is 4.74 Å². The van der Waals surface area contributed by atoms with Crippen molar-refractivity contribution < 1.29 is 9.53 Å². The average molecular weight is 470 g/mol. The molecule has 2 amide bonds. The molecule has 5 heterocycles. The molecule has 2 aliphatic heterocycles. The number of likely N-dealkylation sites (tertiary alicyclic amines) is 1. The maximum atomic E-state index is 13.1. The van der Waals surface area contributed by atoms with Gasteiger partial charge in [0.05, 0.1) is 48.4 Å². The number of amides is 2. The second-order valence-electron chi connectivity index (χ2n) is 9.41. The largest absolute Gasteiger partial charge is 0.377 e. The van der Waals surface area contributed by atoms with Crippen LogP contribution < -0.4 is 10.6 Å². The molecule has 9 heteroatoms. The first-order valence-electron chi connectivity index (χ1n) is 11.7. The zero-order chi connectivity index (χ0) is 24.0. The summed E-state index contributed by atoms with van der Waals surface area (Å²) in [6.07, 6.45) is 5.26. The highest BCUT2D eigenvalue weighted by Crippen LogP contribution is 2.42. The van der Waals surface area contributed by atoms with Crippen LogP contribution in [0.1, 0.15) is 17.2 Å². The Balaban J connectivity index is 1.22. The maximum absolute atomic E-state index is 13.1. The van der Waals surface area contributed by atoms with Crippen molar-refractivity contribution in [3.05, 3.63) is 78.4 Å². The molecule has 35 heavy (non-hydrogen) atoms. The van der Waals surface area contributed by atoms with Crippen molar-refractivity contribution in [3.63, 3.8) is 0 Å². The summed E-state index contributed by atoms with van der Waals surface area (Å²) in [7, 11) is 2.11. The Morgan fingerprint density at radius 3 is 2.69 bits per heavy atom. The minimum Gasteiger partial charge on any atom is -0.377 e. The van der Waals surface area contributed by atoms with Crippen LogP contribution in [0, 0.1) is 6.92 Å². The molecule has 1 aromatic carbocycles. The molecule has 2 atom stereocenters. The molecule has 0 bridgehead atoms. The number of carbonyl (C=O) groups is 1. The van der Waals surface area contributed by atoms with Gasteiger partial charge in [0.2, 0.25) is 0 Å². The number of rotatable bonds is 4. The van der Waals surface area contributed by atoms with Crippen molar-refractivity contribution in [1.82, 2.24) is 30.0 Å². The number of fused-ring (bicyclic) bond motifs is 1. The van der Waals surface area contributed by atoms with Crippen LogP contribution in [-0.2, 0) is 4.74 Å². The van der Waals surface area contributed by atoms with Gasteiger partial charge in [0, 0.05) is 29.7 Å². The molecule has 0 saturated carbocycles. The third kappa shape index (κ3) is 3.73. The van der Waals surface area contributed by atoms with Crippen molar-refractivity contribution in [2.24, 2.45) is 0 Å². The molecular weight excluding hydrogens is 442 g/mol. The van der Waals surface area contributed by atoms with Crippen LogP contribution in [0.4, 0.5) is 10.6 Å². The lowest BCUT2D eigenvalue weighted by atomic mass is 9.81. The highest BCUT2D eigenvalue weighted by Gasteiger charge is 2.57. The number of aromatic nitrogens is 4. The molecule has 1 spiro atoms. The van der Waals surface area contributed by atoms with Gasteiger partial charge in [-0.1, -0.05) is 30.3 Å². The Hall–Kier alpha value is -3.82. The summed E-state index contributed by atoms with van der Waals surface area (Å²) in [5.41, 5.74) is 3.70. The van der Waals surface area contributed by atoms with E-state index in [1.165, 1.54) is 5.56 Å². The third-order valence-electron chi connectivity index (χ3n) is 7.25. The number of ether oxygens (including phenoxy) is 1. The molecule has 2 saturated heterocycles. The van der Waals surface area contributed by atoms with E-state index >= 15 is 0 Å². The molecule has 0 radical (unpaired) electrons. The van der Waals surface area contributed by atoms with E-state index in [0.717, 1.165) is 28.8 Å². The summed E-state index contributed by atoms with van der Waals surface area (Å²) in [4.78, 5) is 24.2. The number of hydrogen-bond acceptors (Lipinski definition) is 6. The highest BCUT2D eigenvalue weighted by molar-refractivity contribution is 5.91. The lowest BCUT2D eigenvalue weighted by molar-refractivity contribution is -0.124. The smallest absolute Gasteiger partial charge is 0.320 e. The van der Waals surface area contributed by atoms with Gasteiger partial charge in [0.15, 0.2) is 0 Å². The van der Waals surface area contributed by atoms with E-state index in [0.29, 0.717) is 19.0 Å². The second-order valence-corrected chi connectivity index (χ2v) is 9.41. The Morgan fingerprint density at radius 1 is 1.11 bits per heavy atom. The highest BCUT2D eigenvalue weighted by atomic mass is 16.5. The summed E-state index contributed by atoms with van der Waals surface area (Å²) >= 11 is 0. The molecule has 6 rings (SSSR count). The third-order valence-corrected chi connectivity index (χ3v) is 7.25. The zero-order valence-corrected chi connectivity index (χ0v) is 19.7. The SMILES string of the molecule is Cc1cc(-n2ncc3cc(NC(=O)N[C@@H]4[C@@H](c5ccccc5)CN(C)C45COC5)ncc32)ccn1. The summed E-state index contributed by atoms with van der Waals surface area (Å²) in [6.45, 7) is 4.01. The molecular formula is C26H27N7O2. The van der Waals surface area contributed by atoms with E-state index in [1.54, 1.807) is 18.6 Å². The molecule has 178 valence electrons. The van der Waals surface area contributed by atoms with Crippen LogP contribution in [0.2, 0.25) is 0 Å². The Morgan fingerprint density at radius 2 is 1.94 bits per heavy atom. The van der Waals surface area contributed by atoms with Crippen LogP contribution in [0.15, 0.2) is 67.1 Å². The van der Waals surface area contributed by atoms with Gasteiger partial charge in [-0.3, -0.25) is 15.2 Å². The summed E-state index contributed by atoms with van der Waals surface area (Å²) in [5, 5.41) is 11.6. The Kier molecular flexibility index (Phi) is 5.23. The predicted molar refractivity (Wildman–Crippen MR) is 133 cm³/mol. The molecule has 2 N–H and O–H groups in total. The fraction of sp³-hybridized carbons (Fsp3) is 0.308. The van der Waals surface area contributed by atoms with Crippen molar-refractivity contribution in [2.75, 3.05) is 32.1 Å². The number of benzene rings is 1. The van der Waals surface area contributed by atoms with Gasteiger partial charge in [-0.05, 0) is 37.7 Å². The second kappa shape index (κ2) is 8.44. The van der Waals surface area contributed by atoms with Crippen molar-refractivity contribution in [2.45, 2.75) is 24.4 Å². The first kappa shape index (κ1) is 21.7. The molecule has 2 fully saturated rings. The fourth-order valence-electron chi connectivity index (χ4n) is 5.29. The molecule has 4 aromatic rings. The number of urea groups is 1. The van der Waals surface area contributed by atoms with Gasteiger partial charge in [-0.2, -0.15) is 5.10 Å². The fourth-order valence-corrected chi connectivity index (χ4v) is 5.29. The van der Waals surface area contributed by atoms with Gasteiger partial charge < -0.3 is 10.1 Å².